The van der Waals surface area contributed by atoms with E-state index >= 15 is 0 Å². The molecule has 3 heterocycles. The van der Waals surface area contributed by atoms with Crippen molar-refractivity contribution in [2.24, 2.45) is 0 Å². The maximum Gasteiger partial charge on any atom is 0.192 e. The summed E-state index contributed by atoms with van der Waals surface area (Å²) in [5.74, 6) is 1.61. The maximum absolute atomic E-state index is 5.94. The zero-order valence-electron chi connectivity index (χ0n) is 12.3. The second-order valence-corrected chi connectivity index (χ2v) is 6.72. The first-order valence-corrected chi connectivity index (χ1v) is 8.77. The highest BCUT2D eigenvalue weighted by Crippen LogP contribution is 2.41. The number of halogens is 1. The average Bonchev–Trinajstić information content (AvgIpc) is 3.33. The fourth-order valence-electron chi connectivity index (χ4n) is 2.40. The van der Waals surface area contributed by atoms with Crippen LogP contribution in [0.1, 0.15) is 24.6 Å². The SMILES string of the molecule is Clc1cccc(CSc2nnc(-c3cccnc3)n2C2CC2)n1. The lowest BCUT2D eigenvalue weighted by Crippen LogP contribution is -2.00. The summed E-state index contributed by atoms with van der Waals surface area (Å²) in [5.41, 5.74) is 1.94. The number of hydrogen-bond donors (Lipinski definition) is 0. The van der Waals surface area contributed by atoms with Crippen LogP contribution >= 0.6 is 23.4 Å². The van der Waals surface area contributed by atoms with Crippen molar-refractivity contribution < 1.29 is 0 Å². The van der Waals surface area contributed by atoms with Crippen LogP contribution in [0.15, 0.2) is 47.9 Å². The Morgan fingerprint density at radius 1 is 1.17 bits per heavy atom. The number of nitrogens with zero attached hydrogens (tertiary/aromatic N) is 5. The van der Waals surface area contributed by atoms with Gasteiger partial charge in [0.2, 0.25) is 0 Å². The summed E-state index contributed by atoms with van der Waals surface area (Å²) in [4.78, 5) is 8.50. The van der Waals surface area contributed by atoms with E-state index < -0.39 is 0 Å². The molecule has 3 aromatic rings. The lowest BCUT2D eigenvalue weighted by atomic mass is 10.3. The third-order valence-corrected chi connectivity index (χ3v) is 4.81. The Bertz CT molecular complexity index is 816. The summed E-state index contributed by atoms with van der Waals surface area (Å²) in [7, 11) is 0. The Labute approximate surface area is 143 Å². The molecule has 0 atom stereocenters. The summed E-state index contributed by atoms with van der Waals surface area (Å²) >= 11 is 7.58. The first kappa shape index (κ1) is 14.7. The minimum atomic E-state index is 0.495. The molecule has 0 saturated heterocycles. The second-order valence-electron chi connectivity index (χ2n) is 5.39. The van der Waals surface area contributed by atoms with Gasteiger partial charge in [0.25, 0.3) is 0 Å². The highest BCUT2D eigenvalue weighted by atomic mass is 35.5. The van der Waals surface area contributed by atoms with Crippen molar-refractivity contribution in [3.05, 3.63) is 53.6 Å². The predicted octanol–water partition coefficient (Wildman–Crippen LogP) is 4.02. The highest BCUT2D eigenvalue weighted by Gasteiger charge is 2.30. The van der Waals surface area contributed by atoms with Crippen molar-refractivity contribution >= 4 is 23.4 Å². The lowest BCUT2D eigenvalue weighted by molar-refractivity contribution is 0.669. The fourth-order valence-corrected chi connectivity index (χ4v) is 3.49. The molecule has 0 radical (unpaired) electrons. The van der Waals surface area contributed by atoms with Crippen LogP contribution in [0.25, 0.3) is 11.4 Å². The Morgan fingerprint density at radius 3 is 2.83 bits per heavy atom. The highest BCUT2D eigenvalue weighted by molar-refractivity contribution is 7.98. The number of hydrogen-bond acceptors (Lipinski definition) is 5. The van der Waals surface area contributed by atoms with E-state index in [1.165, 1.54) is 12.8 Å². The van der Waals surface area contributed by atoms with Gasteiger partial charge in [-0.15, -0.1) is 10.2 Å². The first-order chi connectivity index (χ1) is 11.3. The molecular formula is C16H14ClN5S. The van der Waals surface area contributed by atoms with Crippen LogP contribution in [-0.2, 0) is 5.75 Å². The minimum absolute atomic E-state index is 0.495. The van der Waals surface area contributed by atoms with Crippen molar-refractivity contribution in [2.75, 3.05) is 0 Å². The van der Waals surface area contributed by atoms with Crippen LogP contribution in [-0.4, -0.2) is 24.7 Å². The maximum atomic E-state index is 5.94. The monoisotopic (exact) mass is 343 g/mol. The third-order valence-electron chi connectivity index (χ3n) is 3.62. The molecule has 1 aliphatic carbocycles. The molecule has 0 amide bonds. The Morgan fingerprint density at radius 2 is 2.09 bits per heavy atom. The predicted molar refractivity (Wildman–Crippen MR) is 90.3 cm³/mol. The van der Waals surface area contributed by atoms with Crippen LogP contribution in [0.3, 0.4) is 0 Å². The van der Waals surface area contributed by atoms with E-state index in [9.17, 15) is 0 Å². The smallest absolute Gasteiger partial charge is 0.192 e. The first-order valence-electron chi connectivity index (χ1n) is 7.41. The van der Waals surface area contributed by atoms with E-state index in [0.717, 1.165) is 28.0 Å². The molecule has 0 spiro atoms. The normalized spacial score (nSPS) is 14.1. The number of pyridine rings is 2. The number of aromatic nitrogens is 5. The van der Waals surface area contributed by atoms with E-state index in [1.807, 2.05) is 30.5 Å². The zero-order valence-corrected chi connectivity index (χ0v) is 13.8. The van der Waals surface area contributed by atoms with Gasteiger partial charge in [0, 0.05) is 29.8 Å². The van der Waals surface area contributed by atoms with Gasteiger partial charge in [0.1, 0.15) is 5.15 Å². The fraction of sp³-hybridized carbons (Fsp3) is 0.250. The molecule has 0 unspecified atom stereocenters. The molecule has 1 saturated carbocycles. The van der Waals surface area contributed by atoms with Gasteiger partial charge in [-0.1, -0.05) is 29.4 Å². The minimum Gasteiger partial charge on any atom is -0.299 e. The molecule has 116 valence electrons. The quantitative estimate of drug-likeness (QED) is 0.517. The van der Waals surface area contributed by atoms with Crippen LogP contribution in [0.4, 0.5) is 0 Å². The molecule has 5 nitrogen and oxygen atoms in total. The largest absolute Gasteiger partial charge is 0.299 e. The number of thioether (sulfide) groups is 1. The van der Waals surface area contributed by atoms with Crippen molar-refractivity contribution in [1.29, 1.82) is 0 Å². The lowest BCUT2D eigenvalue weighted by Gasteiger charge is -2.08. The summed E-state index contributed by atoms with van der Waals surface area (Å²) in [6, 6.07) is 10.1. The molecular weight excluding hydrogens is 330 g/mol. The summed E-state index contributed by atoms with van der Waals surface area (Å²) in [6.45, 7) is 0. The Hall–Kier alpha value is -1.92. The molecule has 0 bridgehead atoms. The van der Waals surface area contributed by atoms with Gasteiger partial charge in [-0.3, -0.25) is 9.55 Å². The molecule has 3 aromatic heterocycles. The number of rotatable bonds is 5. The summed E-state index contributed by atoms with van der Waals surface area (Å²) < 4.78 is 2.23. The Balaban J connectivity index is 1.61. The van der Waals surface area contributed by atoms with Gasteiger partial charge in [0.05, 0.1) is 5.69 Å². The third kappa shape index (κ3) is 3.23. The van der Waals surface area contributed by atoms with Gasteiger partial charge < -0.3 is 0 Å². The molecule has 0 aliphatic heterocycles. The molecule has 0 N–H and O–H groups in total. The van der Waals surface area contributed by atoms with E-state index in [-0.39, 0.29) is 0 Å². The van der Waals surface area contributed by atoms with E-state index in [0.29, 0.717) is 11.2 Å². The second kappa shape index (κ2) is 6.29. The topological polar surface area (TPSA) is 56.5 Å². The van der Waals surface area contributed by atoms with Crippen LogP contribution in [0.5, 0.6) is 0 Å². The summed E-state index contributed by atoms with van der Waals surface area (Å²) in [6.07, 6.45) is 5.94. The molecule has 4 rings (SSSR count). The average molecular weight is 344 g/mol. The van der Waals surface area contributed by atoms with Crippen LogP contribution in [0.2, 0.25) is 5.15 Å². The van der Waals surface area contributed by atoms with Gasteiger partial charge in [-0.25, -0.2) is 4.98 Å². The van der Waals surface area contributed by atoms with E-state index in [4.69, 9.17) is 11.6 Å². The standard InChI is InChI=1S/C16H14ClN5S/c17-14-5-1-4-12(19-14)10-23-16-21-20-15(22(16)13-6-7-13)11-3-2-8-18-9-11/h1-5,8-9,13H,6-7,10H2. The van der Waals surface area contributed by atoms with Gasteiger partial charge in [-0.05, 0) is 37.1 Å². The molecule has 23 heavy (non-hydrogen) atoms. The molecule has 1 aliphatic rings. The molecule has 1 fully saturated rings. The van der Waals surface area contributed by atoms with Gasteiger partial charge in [-0.2, -0.15) is 0 Å². The van der Waals surface area contributed by atoms with Crippen molar-refractivity contribution in [1.82, 2.24) is 24.7 Å². The van der Waals surface area contributed by atoms with Gasteiger partial charge >= 0.3 is 0 Å². The van der Waals surface area contributed by atoms with E-state index in [2.05, 4.69) is 24.7 Å². The van der Waals surface area contributed by atoms with E-state index in [1.54, 1.807) is 24.0 Å². The molecule has 0 aromatic carbocycles. The summed E-state index contributed by atoms with van der Waals surface area (Å²) in [5, 5.41) is 10.2. The van der Waals surface area contributed by atoms with Crippen molar-refractivity contribution in [3.8, 4) is 11.4 Å². The Kier molecular flexibility index (Phi) is 4.01. The van der Waals surface area contributed by atoms with Gasteiger partial charge in [0.15, 0.2) is 11.0 Å². The van der Waals surface area contributed by atoms with Crippen LogP contribution < -0.4 is 0 Å². The van der Waals surface area contributed by atoms with Crippen LogP contribution in [0, 0.1) is 0 Å². The van der Waals surface area contributed by atoms with Crippen molar-refractivity contribution in [2.45, 2.75) is 29.8 Å². The zero-order chi connectivity index (χ0) is 15.6. The molecule has 7 heteroatoms. The van der Waals surface area contributed by atoms with Crippen molar-refractivity contribution in [3.63, 3.8) is 0 Å².